The van der Waals surface area contributed by atoms with E-state index in [1.54, 1.807) is 0 Å². The number of nitrogens with zero attached hydrogens (tertiary/aromatic N) is 2. The number of thioether (sulfide) groups is 1. The van der Waals surface area contributed by atoms with Crippen LogP contribution in [-0.2, 0) is 4.79 Å². The van der Waals surface area contributed by atoms with Gasteiger partial charge in [0.1, 0.15) is 11.5 Å². The summed E-state index contributed by atoms with van der Waals surface area (Å²) in [6.07, 6.45) is 13.3. The van der Waals surface area contributed by atoms with Crippen LogP contribution in [0.4, 0.5) is 5.69 Å². The lowest BCUT2D eigenvalue weighted by Gasteiger charge is -2.37. The molecule has 2 aromatic carbocycles. The van der Waals surface area contributed by atoms with Crippen LogP contribution < -0.4 is 10.1 Å². The summed E-state index contributed by atoms with van der Waals surface area (Å²) in [6.45, 7) is 0. The third kappa shape index (κ3) is 6.60. The largest absolute Gasteiger partial charge is 0.457 e. The molecule has 3 aliphatic rings. The predicted octanol–water partition coefficient (Wildman–Crippen LogP) is 7.25. The molecule has 1 heterocycles. The lowest BCUT2D eigenvalue weighted by atomic mass is 9.93. The zero-order valence-electron chi connectivity index (χ0n) is 20.5. The minimum Gasteiger partial charge on any atom is -0.457 e. The molecule has 2 aromatic rings. The SMILES string of the molecule is O=C(CC1CSC(=NC2CCCCC2)N1C1CCCCC1)Nc1ccc(Oc2ccccc2)cc1. The predicted molar refractivity (Wildman–Crippen MR) is 145 cm³/mol. The first-order valence-electron chi connectivity index (χ1n) is 13.4. The molecule has 1 amide bonds. The summed E-state index contributed by atoms with van der Waals surface area (Å²) >= 11 is 1.88. The van der Waals surface area contributed by atoms with E-state index >= 15 is 0 Å². The highest BCUT2D eigenvalue weighted by molar-refractivity contribution is 8.14. The number of ether oxygens (including phenoxy) is 1. The number of nitrogens with one attached hydrogen (secondary N) is 1. The molecule has 186 valence electrons. The molecule has 2 aliphatic carbocycles. The Morgan fingerprint density at radius 1 is 0.886 bits per heavy atom. The Labute approximate surface area is 213 Å². The van der Waals surface area contributed by atoms with Gasteiger partial charge >= 0.3 is 0 Å². The second-order valence-corrected chi connectivity index (χ2v) is 11.0. The van der Waals surface area contributed by atoms with E-state index in [0.717, 1.165) is 22.9 Å². The number of hydrogen-bond donors (Lipinski definition) is 1. The van der Waals surface area contributed by atoms with Crippen LogP contribution in [0.2, 0.25) is 0 Å². The number of carbonyl (C=O) groups is 1. The average molecular weight is 492 g/mol. The number of hydrogen-bond acceptors (Lipinski definition) is 4. The van der Waals surface area contributed by atoms with Crippen LogP contribution in [-0.4, -0.2) is 39.9 Å². The highest BCUT2D eigenvalue weighted by atomic mass is 32.2. The van der Waals surface area contributed by atoms with Crippen LogP contribution in [0, 0.1) is 0 Å². The van der Waals surface area contributed by atoms with E-state index in [0.29, 0.717) is 18.5 Å². The van der Waals surface area contributed by atoms with Crippen LogP contribution in [0.25, 0.3) is 0 Å². The maximum atomic E-state index is 13.1. The zero-order chi connectivity index (χ0) is 23.9. The zero-order valence-corrected chi connectivity index (χ0v) is 21.3. The van der Waals surface area contributed by atoms with Crippen LogP contribution in [0.5, 0.6) is 11.5 Å². The molecule has 35 heavy (non-hydrogen) atoms. The van der Waals surface area contributed by atoms with Crippen molar-refractivity contribution in [2.75, 3.05) is 11.1 Å². The number of benzene rings is 2. The Bertz CT molecular complexity index is 983. The van der Waals surface area contributed by atoms with Gasteiger partial charge in [-0.15, -0.1) is 0 Å². The van der Waals surface area contributed by atoms with Gasteiger partial charge < -0.3 is 15.0 Å². The van der Waals surface area contributed by atoms with Crippen LogP contribution in [0.3, 0.4) is 0 Å². The monoisotopic (exact) mass is 491 g/mol. The fraction of sp³-hybridized carbons (Fsp3) is 0.517. The van der Waals surface area contributed by atoms with Gasteiger partial charge in [0.2, 0.25) is 5.91 Å². The second kappa shape index (κ2) is 12.0. The van der Waals surface area contributed by atoms with Crippen molar-refractivity contribution in [1.82, 2.24) is 4.90 Å². The van der Waals surface area contributed by atoms with Crippen LogP contribution in [0.15, 0.2) is 59.6 Å². The molecule has 5 rings (SSSR count). The van der Waals surface area contributed by atoms with E-state index in [2.05, 4.69) is 10.2 Å². The van der Waals surface area contributed by atoms with Crippen molar-refractivity contribution in [1.29, 1.82) is 0 Å². The van der Waals surface area contributed by atoms with Crippen molar-refractivity contribution in [3.8, 4) is 11.5 Å². The Balaban J connectivity index is 1.21. The molecule has 1 unspecified atom stereocenters. The van der Waals surface area contributed by atoms with Crippen molar-refractivity contribution >= 4 is 28.5 Å². The molecule has 0 radical (unpaired) electrons. The summed E-state index contributed by atoms with van der Waals surface area (Å²) in [4.78, 5) is 20.8. The van der Waals surface area contributed by atoms with E-state index in [1.807, 2.05) is 66.4 Å². The van der Waals surface area contributed by atoms with Crippen molar-refractivity contribution in [3.05, 3.63) is 54.6 Å². The fourth-order valence-corrected chi connectivity index (χ4v) is 6.87. The standard InChI is InChI=1S/C29H37N3O2S/c33-28(30-23-16-18-27(19-17-23)34-26-14-8-3-9-15-26)20-25-21-35-29(31-22-10-4-1-5-11-22)32(25)24-12-6-2-7-13-24/h3,8-9,14-19,22,24-25H,1-2,4-7,10-13,20-21H2,(H,30,33). The van der Waals surface area contributed by atoms with Crippen LogP contribution >= 0.6 is 11.8 Å². The third-order valence-corrected chi connectivity index (χ3v) is 8.52. The Kier molecular flexibility index (Phi) is 8.29. The van der Waals surface area contributed by atoms with Gasteiger partial charge in [0.05, 0.1) is 6.04 Å². The molecule has 0 bridgehead atoms. The molecule has 1 atom stereocenters. The molecule has 1 saturated heterocycles. The van der Waals surface area contributed by atoms with E-state index < -0.39 is 0 Å². The summed E-state index contributed by atoms with van der Waals surface area (Å²) in [5, 5.41) is 4.32. The van der Waals surface area contributed by atoms with E-state index in [-0.39, 0.29) is 11.9 Å². The third-order valence-electron chi connectivity index (χ3n) is 7.39. The number of aliphatic imine (C=N–C) groups is 1. The summed E-state index contributed by atoms with van der Waals surface area (Å²) < 4.78 is 5.87. The Morgan fingerprint density at radius 2 is 1.54 bits per heavy atom. The normalized spacial score (nSPS) is 22.9. The van der Waals surface area contributed by atoms with Crippen molar-refractivity contribution in [3.63, 3.8) is 0 Å². The number of anilines is 1. The molecular weight excluding hydrogens is 454 g/mol. The number of carbonyl (C=O) groups excluding carboxylic acids is 1. The molecule has 0 aromatic heterocycles. The number of amides is 1. The fourth-order valence-electron chi connectivity index (χ4n) is 5.58. The molecule has 1 aliphatic heterocycles. The Hall–Kier alpha value is -2.47. The van der Waals surface area contributed by atoms with E-state index in [4.69, 9.17) is 9.73 Å². The average Bonchev–Trinajstić information content (AvgIpc) is 3.28. The molecule has 1 N–H and O–H groups in total. The number of rotatable bonds is 7. The maximum Gasteiger partial charge on any atom is 0.226 e. The maximum absolute atomic E-state index is 13.1. The highest BCUT2D eigenvalue weighted by Crippen LogP contribution is 2.35. The van der Waals surface area contributed by atoms with Gasteiger partial charge in [-0.1, -0.05) is 68.5 Å². The van der Waals surface area contributed by atoms with Crippen LogP contribution in [0.1, 0.15) is 70.6 Å². The number of para-hydroxylation sites is 1. The van der Waals surface area contributed by atoms with Gasteiger partial charge in [-0.05, 0) is 62.1 Å². The summed E-state index contributed by atoms with van der Waals surface area (Å²) in [5.41, 5.74) is 0.807. The molecular formula is C29H37N3O2S. The number of amidine groups is 1. The Morgan fingerprint density at radius 3 is 2.26 bits per heavy atom. The molecule has 3 fully saturated rings. The summed E-state index contributed by atoms with van der Waals surface area (Å²) in [5.74, 6) is 2.59. The van der Waals surface area contributed by atoms with Gasteiger partial charge in [-0.3, -0.25) is 9.79 Å². The first kappa shape index (κ1) is 24.2. The molecule has 5 nitrogen and oxygen atoms in total. The summed E-state index contributed by atoms with van der Waals surface area (Å²) in [7, 11) is 0. The quantitative estimate of drug-likeness (QED) is 0.443. The van der Waals surface area contributed by atoms with Gasteiger partial charge in [-0.25, -0.2) is 0 Å². The minimum atomic E-state index is 0.0760. The first-order chi connectivity index (χ1) is 17.2. The minimum absolute atomic E-state index is 0.0760. The lowest BCUT2D eigenvalue weighted by molar-refractivity contribution is -0.117. The molecule has 6 heteroatoms. The smallest absolute Gasteiger partial charge is 0.226 e. The highest BCUT2D eigenvalue weighted by Gasteiger charge is 2.37. The summed E-state index contributed by atoms with van der Waals surface area (Å²) in [6, 6.07) is 18.6. The lowest BCUT2D eigenvalue weighted by Crippen LogP contribution is -2.45. The second-order valence-electron chi connectivity index (χ2n) is 10.1. The van der Waals surface area contributed by atoms with E-state index in [1.165, 1.54) is 69.4 Å². The molecule has 2 saturated carbocycles. The molecule has 0 spiro atoms. The van der Waals surface area contributed by atoms with Gasteiger partial charge in [-0.2, -0.15) is 0 Å². The van der Waals surface area contributed by atoms with Gasteiger partial charge in [0.15, 0.2) is 5.17 Å². The van der Waals surface area contributed by atoms with Crippen molar-refractivity contribution in [2.24, 2.45) is 4.99 Å². The van der Waals surface area contributed by atoms with Crippen molar-refractivity contribution < 1.29 is 9.53 Å². The van der Waals surface area contributed by atoms with Crippen molar-refractivity contribution in [2.45, 2.75) is 88.8 Å². The van der Waals surface area contributed by atoms with E-state index in [9.17, 15) is 4.79 Å². The van der Waals surface area contributed by atoms with Gasteiger partial charge in [0.25, 0.3) is 0 Å². The topological polar surface area (TPSA) is 53.9 Å². The first-order valence-corrected chi connectivity index (χ1v) is 14.3. The van der Waals surface area contributed by atoms with Gasteiger partial charge in [0, 0.05) is 29.9 Å².